The summed E-state index contributed by atoms with van der Waals surface area (Å²) in [6, 6.07) is 46.5. The zero-order valence-electron chi connectivity index (χ0n) is 27.8. The average Bonchev–Trinajstić information content (AvgIpc) is 3.52. The molecule has 5 atom stereocenters. The summed E-state index contributed by atoms with van der Waals surface area (Å²) >= 11 is 0. The maximum absolute atomic E-state index is 12.0. The van der Waals surface area contributed by atoms with Gasteiger partial charge in [0.15, 0.2) is 6.29 Å². The fourth-order valence-electron chi connectivity index (χ4n) is 5.89. The Hall–Kier alpha value is -4.67. The lowest BCUT2D eigenvalue weighted by Crippen LogP contribution is -2.45. The number of benzene rings is 5. The molecule has 0 aromatic heterocycles. The van der Waals surface area contributed by atoms with Crippen LogP contribution in [0.5, 0.6) is 0 Å². The van der Waals surface area contributed by atoms with Crippen molar-refractivity contribution < 1.29 is 38.3 Å². The van der Waals surface area contributed by atoms with E-state index >= 15 is 0 Å². The monoisotopic (exact) mass is 674 g/mol. The molecule has 0 amide bonds. The van der Waals surface area contributed by atoms with Crippen molar-refractivity contribution in [3.8, 4) is 0 Å². The molecule has 0 saturated carbocycles. The van der Waals surface area contributed by atoms with E-state index in [0.717, 1.165) is 22.3 Å². The first-order chi connectivity index (χ1) is 24.6. The van der Waals surface area contributed by atoms with Gasteiger partial charge in [0.25, 0.3) is 0 Å². The molecule has 0 bridgehead atoms. The van der Waals surface area contributed by atoms with E-state index in [4.69, 9.17) is 28.4 Å². The van der Waals surface area contributed by atoms with Crippen LogP contribution in [0.15, 0.2) is 146 Å². The first-order valence-electron chi connectivity index (χ1n) is 16.8. The third-order valence-corrected chi connectivity index (χ3v) is 8.50. The van der Waals surface area contributed by atoms with Crippen molar-refractivity contribution in [3.05, 3.63) is 179 Å². The highest BCUT2D eigenvalue weighted by atomic mass is 16.7. The van der Waals surface area contributed by atoms with Gasteiger partial charge in [-0.2, -0.15) is 0 Å². The summed E-state index contributed by atoms with van der Waals surface area (Å²) in [6.45, 7) is 1.54. The minimum Gasteiger partial charge on any atom is -0.478 e. The molecule has 50 heavy (non-hydrogen) atoms. The average molecular weight is 675 g/mol. The van der Waals surface area contributed by atoms with Crippen LogP contribution in [0.25, 0.3) is 0 Å². The van der Waals surface area contributed by atoms with Crippen LogP contribution in [0.1, 0.15) is 38.2 Å². The first kappa shape index (κ1) is 35.2. The summed E-state index contributed by atoms with van der Waals surface area (Å²) in [4.78, 5) is 12.0. The standard InChI is InChI=1S/C42H42O8/c43-41(44)36-24-14-13-23-35(36)29-49-42-40(48-28-34-21-11-4-12-22-34)39(47-27-33-19-9-3-10-20-33)38(50-42)37(46-26-32-17-7-2-8-18-32)30-45-25-31-15-5-1-6-16-31/h1-24,37-40,42H,25-30H2,(H,43,44)/t37-,38+,39+,40-,42-/m1/s1. The van der Waals surface area contributed by atoms with Crippen LogP contribution in [0.4, 0.5) is 0 Å². The van der Waals surface area contributed by atoms with Crippen LogP contribution in [0.2, 0.25) is 0 Å². The molecule has 258 valence electrons. The van der Waals surface area contributed by atoms with Gasteiger partial charge in [-0.25, -0.2) is 4.79 Å². The third-order valence-electron chi connectivity index (χ3n) is 8.50. The van der Waals surface area contributed by atoms with Crippen LogP contribution in [0, 0.1) is 0 Å². The Kier molecular flexibility index (Phi) is 12.9. The van der Waals surface area contributed by atoms with Crippen molar-refractivity contribution in [1.29, 1.82) is 0 Å². The maximum Gasteiger partial charge on any atom is 0.336 e. The van der Waals surface area contributed by atoms with Crippen molar-refractivity contribution in [3.63, 3.8) is 0 Å². The van der Waals surface area contributed by atoms with Gasteiger partial charge in [0.05, 0.1) is 45.2 Å². The molecule has 6 rings (SSSR count). The number of ether oxygens (including phenoxy) is 6. The zero-order valence-corrected chi connectivity index (χ0v) is 27.8. The molecule has 1 heterocycles. The van der Waals surface area contributed by atoms with Crippen molar-refractivity contribution in [2.24, 2.45) is 0 Å². The van der Waals surface area contributed by atoms with Gasteiger partial charge in [-0.05, 0) is 33.9 Å². The number of carboxylic acids is 1. The van der Waals surface area contributed by atoms with E-state index in [1.807, 2.05) is 121 Å². The highest BCUT2D eigenvalue weighted by Crippen LogP contribution is 2.33. The maximum atomic E-state index is 12.0. The Balaban J connectivity index is 1.29. The molecule has 0 aliphatic carbocycles. The Morgan fingerprint density at radius 1 is 0.560 bits per heavy atom. The van der Waals surface area contributed by atoms with Crippen LogP contribution in [-0.2, 0) is 61.5 Å². The molecule has 8 heteroatoms. The van der Waals surface area contributed by atoms with Crippen LogP contribution in [0.3, 0.4) is 0 Å². The predicted octanol–water partition coefficient (Wildman–Crippen LogP) is 7.60. The minimum atomic E-state index is -1.03. The second-order valence-electron chi connectivity index (χ2n) is 12.1. The van der Waals surface area contributed by atoms with Gasteiger partial charge in [-0.15, -0.1) is 0 Å². The second kappa shape index (κ2) is 18.4. The minimum absolute atomic E-state index is 0.00346. The van der Waals surface area contributed by atoms with Crippen molar-refractivity contribution in [2.75, 3.05) is 6.61 Å². The number of hydrogen-bond donors (Lipinski definition) is 1. The summed E-state index contributed by atoms with van der Waals surface area (Å²) in [7, 11) is 0. The van der Waals surface area contributed by atoms with Crippen molar-refractivity contribution in [1.82, 2.24) is 0 Å². The Bertz CT molecular complexity index is 1720. The van der Waals surface area contributed by atoms with Gasteiger partial charge >= 0.3 is 5.97 Å². The fourth-order valence-corrected chi connectivity index (χ4v) is 5.89. The Labute approximate surface area is 293 Å². The molecule has 1 N–H and O–H groups in total. The summed E-state index contributed by atoms with van der Waals surface area (Å²) in [5.41, 5.74) is 4.72. The lowest BCUT2D eigenvalue weighted by Gasteiger charge is -2.29. The predicted molar refractivity (Wildman–Crippen MR) is 188 cm³/mol. The lowest BCUT2D eigenvalue weighted by atomic mass is 10.0. The highest BCUT2D eigenvalue weighted by molar-refractivity contribution is 5.89. The molecular formula is C42H42O8. The summed E-state index contributed by atoms with van der Waals surface area (Å²) < 4.78 is 39.2. The Morgan fingerprint density at radius 2 is 1.04 bits per heavy atom. The quantitative estimate of drug-likeness (QED) is 0.102. The number of hydrogen-bond acceptors (Lipinski definition) is 7. The number of rotatable bonds is 18. The van der Waals surface area contributed by atoms with Gasteiger partial charge in [-0.3, -0.25) is 0 Å². The molecule has 1 fully saturated rings. The summed E-state index contributed by atoms with van der Waals surface area (Å²) in [5.74, 6) is -1.03. The molecule has 0 unspecified atom stereocenters. The molecule has 5 aromatic carbocycles. The van der Waals surface area contributed by atoms with Crippen LogP contribution in [-0.4, -0.2) is 48.4 Å². The summed E-state index contributed by atoms with van der Waals surface area (Å²) in [5, 5.41) is 9.81. The van der Waals surface area contributed by atoms with E-state index < -0.39 is 36.7 Å². The van der Waals surface area contributed by atoms with E-state index in [0.29, 0.717) is 32.0 Å². The smallest absolute Gasteiger partial charge is 0.336 e. The van der Waals surface area contributed by atoms with Crippen molar-refractivity contribution in [2.45, 2.75) is 63.7 Å². The highest BCUT2D eigenvalue weighted by Gasteiger charge is 2.51. The van der Waals surface area contributed by atoms with Gasteiger partial charge in [0.2, 0.25) is 0 Å². The number of carbonyl (C=O) groups is 1. The zero-order chi connectivity index (χ0) is 34.4. The van der Waals surface area contributed by atoms with Crippen LogP contribution >= 0.6 is 0 Å². The molecular weight excluding hydrogens is 632 g/mol. The molecule has 0 radical (unpaired) electrons. The van der Waals surface area contributed by atoms with E-state index in [9.17, 15) is 9.90 Å². The van der Waals surface area contributed by atoms with E-state index in [1.165, 1.54) is 0 Å². The molecule has 1 saturated heterocycles. The molecule has 1 aliphatic heterocycles. The molecule has 8 nitrogen and oxygen atoms in total. The van der Waals surface area contributed by atoms with Gasteiger partial charge < -0.3 is 33.5 Å². The molecule has 5 aromatic rings. The molecule has 0 spiro atoms. The van der Waals surface area contributed by atoms with Gasteiger partial charge in [-0.1, -0.05) is 140 Å². The number of aromatic carboxylic acids is 1. The molecule has 1 aliphatic rings. The van der Waals surface area contributed by atoms with Crippen molar-refractivity contribution >= 4 is 5.97 Å². The SMILES string of the molecule is O=C(O)c1ccccc1CO[C@@H]1O[C@@H]([C@@H](COCc2ccccc2)OCc2ccccc2)[C@H](OCc2ccccc2)[C@H]1OCc1ccccc1. The first-order valence-corrected chi connectivity index (χ1v) is 16.8. The van der Waals surface area contributed by atoms with Gasteiger partial charge in [0.1, 0.15) is 24.4 Å². The Morgan fingerprint density at radius 3 is 1.60 bits per heavy atom. The topological polar surface area (TPSA) is 92.7 Å². The lowest BCUT2D eigenvalue weighted by molar-refractivity contribution is -0.202. The normalized spacial score (nSPS) is 19.3. The van der Waals surface area contributed by atoms with E-state index in [-0.39, 0.29) is 18.8 Å². The third kappa shape index (κ3) is 9.95. The second-order valence-corrected chi connectivity index (χ2v) is 12.1. The fraction of sp³-hybridized carbons (Fsp3) is 0.262. The summed E-state index contributed by atoms with van der Waals surface area (Å²) in [6.07, 6.45) is -3.43. The largest absolute Gasteiger partial charge is 0.478 e. The van der Waals surface area contributed by atoms with E-state index in [2.05, 4.69) is 0 Å². The van der Waals surface area contributed by atoms with Gasteiger partial charge in [0, 0.05) is 0 Å². The number of carboxylic acid groups (broad SMARTS) is 1. The van der Waals surface area contributed by atoms with E-state index in [1.54, 1.807) is 24.3 Å². The van der Waals surface area contributed by atoms with Crippen LogP contribution < -0.4 is 0 Å².